The Balaban J connectivity index is 1.50. The number of alkyl halides is 2. The lowest BCUT2D eigenvalue weighted by Gasteiger charge is -2.36. The molecule has 1 aliphatic heterocycles. The highest BCUT2D eigenvalue weighted by molar-refractivity contribution is 5.97. The summed E-state index contributed by atoms with van der Waals surface area (Å²) in [5, 5.41) is 2.65. The number of hydrogen-bond donors (Lipinski definition) is 1. The molecule has 0 saturated carbocycles. The Morgan fingerprint density at radius 3 is 2.23 bits per heavy atom. The summed E-state index contributed by atoms with van der Waals surface area (Å²) < 4.78 is 34.8. The van der Waals surface area contributed by atoms with E-state index in [4.69, 9.17) is 4.74 Å². The van der Waals surface area contributed by atoms with Gasteiger partial charge in [-0.05, 0) is 42.8 Å². The lowest BCUT2D eigenvalue weighted by molar-refractivity contribution is -0.136. The summed E-state index contributed by atoms with van der Waals surface area (Å²) in [6.07, 6.45) is 2.98. The van der Waals surface area contributed by atoms with Gasteiger partial charge in [-0.3, -0.25) is 14.4 Å². The fourth-order valence-corrected chi connectivity index (χ4v) is 3.63. The quantitative estimate of drug-likeness (QED) is 0.579. The van der Waals surface area contributed by atoms with Crippen LogP contribution in [0.1, 0.15) is 22.8 Å². The van der Waals surface area contributed by atoms with Crippen molar-refractivity contribution in [3.63, 3.8) is 0 Å². The molecule has 1 saturated heterocycles. The Hall–Kier alpha value is -3.95. The molecule has 1 atom stereocenters. The Kier molecular flexibility index (Phi) is 8.77. The van der Waals surface area contributed by atoms with Gasteiger partial charge in [-0.15, -0.1) is 0 Å². The number of hydrogen-bond acceptors (Lipinski definition) is 5. The lowest BCUT2D eigenvalue weighted by Crippen LogP contribution is -2.55. The van der Waals surface area contributed by atoms with Crippen molar-refractivity contribution in [2.24, 2.45) is 0 Å². The average Bonchev–Trinajstić information content (AvgIpc) is 2.87. The van der Waals surface area contributed by atoms with Gasteiger partial charge in [0.2, 0.25) is 11.8 Å². The van der Waals surface area contributed by atoms with Gasteiger partial charge >= 0.3 is 6.61 Å². The zero-order valence-electron chi connectivity index (χ0n) is 19.4. The van der Waals surface area contributed by atoms with Crippen LogP contribution in [-0.4, -0.2) is 73.5 Å². The molecule has 1 N–H and O–H groups in total. The van der Waals surface area contributed by atoms with Crippen LogP contribution in [0.15, 0.2) is 54.6 Å². The van der Waals surface area contributed by atoms with Crippen molar-refractivity contribution in [3.8, 4) is 11.5 Å². The van der Waals surface area contributed by atoms with Gasteiger partial charge in [0.1, 0.15) is 17.5 Å². The van der Waals surface area contributed by atoms with Crippen LogP contribution in [0.2, 0.25) is 0 Å². The minimum absolute atomic E-state index is 0.0388. The summed E-state index contributed by atoms with van der Waals surface area (Å²) in [4.78, 5) is 40.9. The predicted molar refractivity (Wildman–Crippen MR) is 125 cm³/mol. The molecule has 1 aliphatic rings. The SMILES string of the molecule is COc1ccc(/C=C/C(=O)NC(C)C(=O)N2CCN(C(=O)c3ccccc3OC(F)F)CC2)cc1. The van der Waals surface area contributed by atoms with Gasteiger partial charge in [-0.25, -0.2) is 0 Å². The first-order valence-corrected chi connectivity index (χ1v) is 11.0. The van der Waals surface area contributed by atoms with E-state index in [0.717, 1.165) is 5.56 Å². The maximum Gasteiger partial charge on any atom is 0.387 e. The number of halogens is 2. The average molecular weight is 488 g/mol. The van der Waals surface area contributed by atoms with E-state index in [-0.39, 0.29) is 43.4 Å². The minimum Gasteiger partial charge on any atom is -0.497 e. The number of nitrogens with one attached hydrogen (secondary N) is 1. The Labute approximate surface area is 202 Å². The first kappa shape index (κ1) is 25.7. The molecule has 2 aromatic carbocycles. The van der Waals surface area contributed by atoms with Crippen molar-refractivity contribution in [2.45, 2.75) is 19.6 Å². The zero-order valence-corrected chi connectivity index (χ0v) is 19.4. The summed E-state index contributed by atoms with van der Waals surface area (Å²) in [5.74, 6) is -0.613. The molecular formula is C25H27F2N3O5. The molecule has 10 heteroatoms. The molecular weight excluding hydrogens is 460 g/mol. The highest BCUT2D eigenvalue weighted by atomic mass is 19.3. The molecule has 8 nitrogen and oxygen atoms in total. The summed E-state index contributed by atoms with van der Waals surface area (Å²) in [5.41, 5.74) is 0.845. The van der Waals surface area contributed by atoms with Gasteiger partial charge in [-0.2, -0.15) is 8.78 Å². The van der Waals surface area contributed by atoms with Gasteiger partial charge in [0, 0.05) is 32.3 Å². The van der Waals surface area contributed by atoms with Crippen molar-refractivity contribution < 1.29 is 32.6 Å². The molecule has 1 heterocycles. The van der Waals surface area contributed by atoms with E-state index in [2.05, 4.69) is 10.1 Å². The number of nitrogens with zero attached hydrogens (tertiary/aromatic N) is 2. The van der Waals surface area contributed by atoms with Crippen LogP contribution in [0.3, 0.4) is 0 Å². The number of carbonyl (C=O) groups is 3. The number of methoxy groups -OCH3 is 1. The third kappa shape index (κ3) is 7.02. The van der Waals surface area contributed by atoms with E-state index in [9.17, 15) is 23.2 Å². The monoisotopic (exact) mass is 487 g/mol. The lowest BCUT2D eigenvalue weighted by atomic mass is 10.1. The summed E-state index contributed by atoms with van der Waals surface area (Å²) >= 11 is 0. The number of ether oxygens (including phenoxy) is 2. The highest BCUT2D eigenvalue weighted by Gasteiger charge is 2.29. The van der Waals surface area contributed by atoms with Crippen LogP contribution in [0.4, 0.5) is 8.78 Å². The molecule has 0 radical (unpaired) electrons. The molecule has 1 fully saturated rings. The number of piperazine rings is 1. The van der Waals surface area contributed by atoms with Crippen LogP contribution < -0.4 is 14.8 Å². The predicted octanol–water partition coefficient (Wildman–Crippen LogP) is 2.80. The summed E-state index contributed by atoms with van der Waals surface area (Å²) in [7, 11) is 1.57. The van der Waals surface area contributed by atoms with Gasteiger partial charge in [0.25, 0.3) is 5.91 Å². The molecule has 3 rings (SSSR count). The molecule has 2 aromatic rings. The fraction of sp³-hybridized carbons (Fsp3) is 0.320. The second-order valence-corrected chi connectivity index (χ2v) is 7.83. The molecule has 3 amide bonds. The van der Waals surface area contributed by atoms with Gasteiger partial charge in [0.05, 0.1) is 12.7 Å². The smallest absolute Gasteiger partial charge is 0.387 e. The van der Waals surface area contributed by atoms with E-state index < -0.39 is 24.5 Å². The second-order valence-electron chi connectivity index (χ2n) is 7.83. The number of carbonyl (C=O) groups excluding carboxylic acids is 3. The van der Waals surface area contributed by atoms with E-state index in [1.807, 2.05) is 0 Å². The topological polar surface area (TPSA) is 88.2 Å². The largest absolute Gasteiger partial charge is 0.497 e. The second kappa shape index (κ2) is 12.0. The molecule has 0 aliphatic carbocycles. The van der Waals surface area contributed by atoms with E-state index >= 15 is 0 Å². The molecule has 186 valence electrons. The van der Waals surface area contributed by atoms with Gasteiger partial charge < -0.3 is 24.6 Å². The summed E-state index contributed by atoms with van der Waals surface area (Å²) in [6.45, 7) is -0.482. The Morgan fingerprint density at radius 1 is 0.971 bits per heavy atom. The van der Waals surface area contributed by atoms with Crippen LogP contribution in [0.5, 0.6) is 11.5 Å². The molecule has 0 bridgehead atoms. The first-order valence-electron chi connectivity index (χ1n) is 11.0. The Bertz CT molecular complexity index is 1070. The van der Waals surface area contributed by atoms with Crippen LogP contribution >= 0.6 is 0 Å². The zero-order chi connectivity index (χ0) is 25.4. The van der Waals surface area contributed by atoms with Crippen LogP contribution in [0.25, 0.3) is 6.08 Å². The van der Waals surface area contributed by atoms with Gasteiger partial charge in [-0.1, -0.05) is 24.3 Å². The first-order chi connectivity index (χ1) is 16.8. The standard InChI is InChI=1S/C25H27F2N3O5/c1-17(28-22(31)12-9-18-7-10-19(34-2)11-8-18)23(32)29-13-15-30(16-14-29)24(33)20-5-3-4-6-21(20)35-25(26)27/h3-12,17,25H,13-16H2,1-2H3,(H,28,31)/b12-9+. The third-order valence-electron chi connectivity index (χ3n) is 5.48. The third-order valence-corrected chi connectivity index (χ3v) is 5.48. The van der Waals surface area contributed by atoms with Crippen LogP contribution in [0, 0.1) is 0 Å². The van der Waals surface area contributed by atoms with Crippen LogP contribution in [-0.2, 0) is 9.59 Å². The maximum atomic E-state index is 12.8. The van der Waals surface area contributed by atoms with Crippen molar-refractivity contribution in [2.75, 3.05) is 33.3 Å². The number of rotatable bonds is 8. The normalized spacial score (nSPS) is 14.7. The van der Waals surface area contributed by atoms with E-state index in [0.29, 0.717) is 5.75 Å². The van der Waals surface area contributed by atoms with Crippen molar-refractivity contribution in [1.29, 1.82) is 0 Å². The van der Waals surface area contributed by atoms with E-state index in [1.54, 1.807) is 55.3 Å². The van der Waals surface area contributed by atoms with Gasteiger partial charge in [0.15, 0.2) is 0 Å². The number of amides is 3. The maximum absolute atomic E-state index is 12.8. The molecule has 0 spiro atoms. The highest BCUT2D eigenvalue weighted by Crippen LogP contribution is 2.22. The van der Waals surface area contributed by atoms with Crippen molar-refractivity contribution in [3.05, 3.63) is 65.7 Å². The molecule has 1 unspecified atom stereocenters. The fourth-order valence-electron chi connectivity index (χ4n) is 3.63. The van der Waals surface area contributed by atoms with Crippen molar-refractivity contribution >= 4 is 23.8 Å². The Morgan fingerprint density at radius 2 is 1.60 bits per heavy atom. The number of para-hydroxylation sites is 1. The van der Waals surface area contributed by atoms with E-state index in [1.165, 1.54) is 29.2 Å². The van der Waals surface area contributed by atoms with Crippen molar-refractivity contribution in [1.82, 2.24) is 15.1 Å². The molecule has 0 aromatic heterocycles. The molecule has 35 heavy (non-hydrogen) atoms. The summed E-state index contributed by atoms with van der Waals surface area (Å²) in [6, 6.07) is 12.2. The number of benzene rings is 2. The minimum atomic E-state index is -3.04.